The highest BCUT2D eigenvalue weighted by Gasteiger charge is 2.14. The van der Waals surface area contributed by atoms with E-state index in [2.05, 4.69) is 10.2 Å². The average Bonchev–Trinajstić information content (AvgIpc) is 2.63. The molecule has 1 N–H and O–H groups in total. The first-order valence-corrected chi connectivity index (χ1v) is 6.39. The minimum Gasteiger partial charge on any atom is -0.419 e. The molecular formula is C10H10N2O4S. The van der Waals surface area contributed by atoms with E-state index in [-0.39, 0.29) is 11.8 Å². The van der Waals surface area contributed by atoms with E-state index in [1.807, 2.05) is 25.1 Å². The van der Waals surface area contributed by atoms with Crippen LogP contribution in [-0.4, -0.2) is 23.2 Å². The zero-order valence-electron chi connectivity index (χ0n) is 8.99. The molecule has 0 aliphatic carbocycles. The maximum absolute atomic E-state index is 10.6. The molecule has 2 rings (SSSR count). The van der Waals surface area contributed by atoms with Crippen molar-refractivity contribution >= 4 is 10.1 Å². The second-order valence-corrected chi connectivity index (χ2v) is 5.05. The Morgan fingerprint density at radius 1 is 1.35 bits per heavy atom. The Hall–Kier alpha value is -1.73. The Balaban J connectivity index is 2.30. The summed E-state index contributed by atoms with van der Waals surface area (Å²) in [6.45, 7) is 1.92. The van der Waals surface area contributed by atoms with E-state index in [1.165, 1.54) is 0 Å². The van der Waals surface area contributed by atoms with Crippen LogP contribution in [0.3, 0.4) is 0 Å². The molecule has 90 valence electrons. The van der Waals surface area contributed by atoms with Gasteiger partial charge in [0.1, 0.15) is 0 Å². The lowest BCUT2D eigenvalue weighted by molar-refractivity contribution is 0.465. The van der Waals surface area contributed by atoms with Gasteiger partial charge in [-0.3, -0.25) is 4.55 Å². The Morgan fingerprint density at radius 2 is 2.12 bits per heavy atom. The van der Waals surface area contributed by atoms with Crippen molar-refractivity contribution in [3.8, 4) is 11.5 Å². The zero-order valence-corrected chi connectivity index (χ0v) is 9.81. The summed E-state index contributed by atoms with van der Waals surface area (Å²) in [6.07, 6.45) is 0. The topological polar surface area (TPSA) is 93.3 Å². The molecular weight excluding hydrogens is 244 g/mol. The zero-order chi connectivity index (χ0) is 12.5. The highest BCUT2D eigenvalue weighted by Crippen LogP contribution is 2.19. The second-order valence-electron chi connectivity index (χ2n) is 3.60. The van der Waals surface area contributed by atoms with E-state index in [4.69, 9.17) is 8.97 Å². The molecule has 0 amide bonds. The fourth-order valence-electron chi connectivity index (χ4n) is 1.36. The summed E-state index contributed by atoms with van der Waals surface area (Å²) in [4.78, 5) is 0. The third kappa shape index (κ3) is 3.11. The summed E-state index contributed by atoms with van der Waals surface area (Å²) in [5.41, 5.74) is 1.73. The van der Waals surface area contributed by atoms with E-state index in [9.17, 15) is 8.42 Å². The van der Waals surface area contributed by atoms with Gasteiger partial charge < -0.3 is 4.42 Å². The molecule has 0 atom stereocenters. The molecule has 0 fully saturated rings. The lowest BCUT2D eigenvalue weighted by atomic mass is 10.1. The monoisotopic (exact) mass is 254 g/mol. The number of aryl methyl sites for hydroxylation is 1. The van der Waals surface area contributed by atoms with Gasteiger partial charge in [-0.1, -0.05) is 17.7 Å². The smallest absolute Gasteiger partial charge is 0.273 e. The van der Waals surface area contributed by atoms with Crippen molar-refractivity contribution in [2.24, 2.45) is 0 Å². The Labute approximate surface area is 98.0 Å². The van der Waals surface area contributed by atoms with E-state index in [1.54, 1.807) is 6.07 Å². The Bertz CT molecular complexity index is 633. The number of nitrogens with zero attached hydrogens (tertiary/aromatic N) is 2. The summed E-state index contributed by atoms with van der Waals surface area (Å²) >= 11 is 0. The largest absolute Gasteiger partial charge is 0.419 e. The van der Waals surface area contributed by atoms with Gasteiger partial charge >= 0.3 is 0 Å². The molecule has 0 radical (unpaired) electrons. The van der Waals surface area contributed by atoms with Crippen LogP contribution in [0.1, 0.15) is 11.5 Å². The number of hydrogen-bond acceptors (Lipinski definition) is 5. The lowest BCUT2D eigenvalue weighted by Gasteiger charge is -1.95. The molecule has 2 aromatic rings. The molecule has 6 nitrogen and oxygen atoms in total. The van der Waals surface area contributed by atoms with Gasteiger partial charge in [0.2, 0.25) is 11.8 Å². The van der Waals surface area contributed by atoms with Crippen molar-refractivity contribution in [3.63, 3.8) is 0 Å². The van der Waals surface area contributed by atoms with Crippen molar-refractivity contribution < 1.29 is 17.4 Å². The van der Waals surface area contributed by atoms with Crippen molar-refractivity contribution in [2.45, 2.75) is 12.7 Å². The summed E-state index contributed by atoms with van der Waals surface area (Å²) in [5.74, 6) is -0.581. The molecule has 0 spiro atoms. The van der Waals surface area contributed by atoms with Crippen LogP contribution in [0.15, 0.2) is 28.7 Å². The normalized spacial score (nSPS) is 11.6. The third-order valence-corrected chi connectivity index (χ3v) is 2.65. The predicted octanol–water partition coefficient (Wildman–Crippen LogP) is 1.43. The van der Waals surface area contributed by atoms with E-state index >= 15 is 0 Å². The molecule has 0 aliphatic heterocycles. The summed E-state index contributed by atoms with van der Waals surface area (Å²) in [7, 11) is -4.15. The van der Waals surface area contributed by atoms with Crippen molar-refractivity contribution in [1.82, 2.24) is 10.2 Å². The molecule has 1 heterocycles. The maximum Gasteiger partial charge on any atom is 0.273 e. The van der Waals surface area contributed by atoms with Gasteiger partial charge in [0.15, 0.2) is 5.75 Å². The van der Waals surface area contributed by atoms with Crippen LogP contribution < -0.4 is 0 Å². The summed E-state index contributed by atoms with van der Waals surface area (Å²) in [6, 6.07) is 7.36. The number of benzene rings is 1. The second kappa shape index (κ2) is 4.27. The third-order valence-electron chi connectivity index (χ3n) is 2.04. The van der Waals surface area contributed by atoms with Crippen molar-refractivity contribution in [2.75, 3.05) is 0 Å². The molecule has 7 heteroatoms. The van der Waals surface area contributed by atoms with Gasteiger partial charge in [0.25, 0.3) is 10.1 Å². The lowest BCUT2D eigenvalue weighted by Crippen LogP contribution is -2.01. The maximum atomic E-state index is 10.6. The number of hydrogen-bond donors (Lipinski definition) is 1. The standard InChI is InChI=1S/C10H10N2O4S/c1-7-3-2-4-8(5-7)10-12-11-9(16-10)6-17(13,14)15/h2-5H,6H2,1H3,(H,13,14,15). The molecule has 17 heavy (non-hydrogen) atoms. The van der Waals surface area contributed by atoms with Crippen molar-refractivity contribution in [3.05, 3.63) is 35.7 Å². The van der Waals surface area contributed by atoms with Gasteiger partial charge in [0.05, 0.1) is 0 Å². The quantitative estimate of drug-likeness (QED) is 0.833. The summed E-state index contributed by atoms with van der Waals surface area (Å²) < 4.78 is 35.0. The van der Waals surface area contributed by atoms with Crippen molar-refractivity contribution in [1.29, 1.82) is 0 Å². The molecule has 0 aliphatic rings. The van der Waals surface area contributed by atoms with Gasteiger partial charge in [-0.15, -0.1) is 10.2 Å². The fraction of sp³-hybridized carbons (Fsp3) is 0.200. The van der Waals surface area contributed by atoms with E-state index in [0.29, 0.717) is 5.56 Å². The van der Waals surface area contributed by atoms with Gasteiger partial charge in [-0.05, 0) is 19.1 Å². The molecule has 0 saturated carbocycles. The van der Waals surface area contributed by atoms with Gasteiger partial charge in [0, 0.05) is 5.56 Å². The number of rotatable bonds is 3. The van der Waals surface area contributed by atoms with Crippen LogP contribution in [0.5, 0.6) is 0 Å². The highest BCUT2D eigenvalue weighted by atomic mass is 32.2. The first-order valence-electron chi connectivity index (χ1n) is 4.78. The first-order chi connectivity index (χ1) is 7.94. The van der Waals surface area contributed by atoms with Gasteiger partial charge in [-0.2, -0.15) is 8.42 Å². The minimum atomic E-state index is -4.15. The molecule has 0 unspecified atom stereocenters. The van der Waals surface area contributed by atoms with E-state index in [0.717, 1.165) is 5.56 Å². The Kier molecular flexibility index (Phi) is 2.95. The molecule has 1 aromatic heterocycles. The minimum absolute atomic E-state index is 0.135. The average molecular weight is 254 g/mol. The van der Waals surface area contributed by atoms with Crippen LogP contribution in [0.25, 0.3) is 11.5 Å². The van der Waals surface area contributed by atoms with Crippen LogP contribution in [-0.2, 0) is 15.9 Å². The van der Waals surface area contributed by atoms with Crippen LogP contribution in [0, 0.1) is 6.92 Å². The molecule has 0 bridgehead atoms. The molecule has 0 saturated heterocycles. The van der Waals surface area contributed by atoms with Crippen LogP contribution in [0.2, 0.25) is 0 Å². The van der Waals surface area contributed by atoms with Gasteiger partial charge in [-0.25, -0.2) is 0 Å². The SMILES string of the molecule is Cc1cccc(-c2nnc(CS(=O)(=O)O)o2)c1. The van der Waals surface area contributed by atoms with Crippen LogP contribution >= 0.6 is 0 Å². The first kappa shape index (κ1) is 11.7. The Morgan fingerprint density at radius 3 is 2.76 bits per heavy atom. The molecule has 1 aromatic carbocycles. The fourth-order valence-corrected chi connectivity index (χ4v) is 1.79. The number of aromatic nitrogens is 2. The summed E-state index contributed by atoms with van der Waals surface area (Å²) in [5, 5.41) is 7.27. The predicted molar refractivity (Wildman–Crippen MR) is 59.7 cm³/mol. The highest BCUT2D eigenvalue weighted by molar-refractivity contribution is 7.84. The van der Waals surface area contributed by atoms with E-state index < -0.39 is 15.9 Å². The van der Waals surface area contributed by atoms with Crippen LogP contribution in [0.4, 0.5) is 0 Å².